The van der Waals surface area contributed by atoms with Crippen LogP contribution in [0.25, 0.3) is 0 Å². The molecule has 0 bridgehead atoms. The molecule has 1 aromatic carbocycles. The maximum atomic E-state index is 9.27. The fraction of sp³-hybridized carbons (Fsp3) is 0.571. The van der Waals surface area contributed by atoms with Crippen LogP contribution >= 0.6 is 11.8 Å². The Bertz CT molecular complexity index is 298. The van der Waals surface area contributed by atoms with E-state index in [1.807, 2.05) is 17.8 Å². The molecule has 0 aliphatic carbocycles. The number of thioether (sulfide) groups is 1. The summed E-state index contributed by atoms with van der Waals surface area (Å²) in [6, 6.07) is 10.4. The lowest BCUT2D eigenvalue weighted by molar-refractivity contribution is 0.136. The van der Waals surface area contributed by atoms with Crippen molar-refractivity contribution in [3.63, 3.8) is 0 Å². The maximum Gasteiger partial charge on any atom is 0.0496 e. The smallest absolute Gasteiger partial charge is 0.0496 e. The average molecular weight is 253 g/mol. The van der Waals surface area contributed by atoms with E-state index >= 15 is 0 Å². The monoisotopic (exact) mass is 253 g/mol. The highest BCUT2D eigenvalue weighted by Gasteiger charge is 2.19. The van der Waals surface area contributed by atoms with Gasteiger partial charge in [0.2, 0.25) is 0 Å². The second-order valence-corrected chi connectivity index (χ2v) is 5.83. The third-order valence-corrected chi connectivity index (χ3v) is 4.09. The first-order chi connectivity index (χ1) is 8.20. The molecule has 0 radical (unpaired) electrons. The van der Waals surface area contributed by atoms with Crippen LogP contribution in [0.4, 0.5) is 0 Å². The van der Waals surface area contributed by atoms with Crippen LogP contribution in [0.3, 0.4) is 0 Å². The number of hydrogen-bond acceptors (Lipinski definition) is 3. The molecule has 0 aromatic heterocycles. The first kappa shape index (κ1) is 14.6. The zero-order valence-corrected chi connectivity index (χ0v) is 11.6. The summed E-state index contributed by atoms with van der Waals surface area (Å²) in [4.78, 5) is 1.31. The van der Waals surface area contributed by atoms with E-state index in [1.165, 1.54) is 4.90 Å². The largest absolute Gasteiger partial charge is 0.396 e. The zero-order chi connectivity index (χ0) is 12.6. The highest BCUT2D eigenvalue weighted by molar-refractivity contribution is 7.99. The Morgan fingerprint density at radius 2 is 2.00 bits per heavy atom. The molecule has 0 heterocycles. The van der Waals surface area contributed by atoms with Gasteiger partial charge in [0.05, 0.1) is 0 Å². The lowest BCUT2D eigenvalue weighted by Crippen LogP contribution is -2.35. The quantitative estimate of drug-likeness (QED) is 0.552. The number of hydrogen-bond donors (Lipinski definition) is 2. The van der Waals surface area contributed by atoms with Crippen molar-refractivity contribution >= 4 is 11.8 Å². The molecule has 1 atom stereocenters. The van der Waals surface area contributed by atoms with Gasteiger partial charge in [0.15, 0.2) is 0 Å². The van der Waals surface area contributed by atoms with Crippen LogP contribution in [-0.2, 0) is 0 Å². The number of benzene rings is 1. The summed E-state index contributed by atoms with van der Waals surface area (Å²) in [6.45, 7) is 6.35. The van der Waals surface area contributed by atoms with Crippen LogP contribution in [0.15, 0.2) is 35.2 Å². The van der Waals surface area contributed by atoms with Crippen LogP contribution in [0, 0.1) is 5.41 Å². The van der Waals surface area contributed by atoms with Gasteiger partial charge in [0.1, 0.15) is 0 Å². The third kappa shape index (κ3) is 5.57. The summed E-state index contributed by atoms with van der Waals surface area (Å²) in [7, 11) is 0. The Morgan fingerprint density at radius 1 is 1.29 bits per heavy atom. The molecule has 3 heteroatoms. The Morgan fingerprint density at radius 3 is 2.59 bits per heavy atom. The first-order valence-corrected chi connectivity index (χ1v) is 7.18. The van der Waals surface area contributed by atoms with Crippen LogP contribution in [0.2, 0.25) is 0 Å². The van der Waals surface area contributed by atoms with E-state index in [-0.39, 0.29) is 12.0 Å². The van der Waals surface area contributed by atoms with Gasteiger partial charge in [-0.3, -0.25) is 0 Å². The predicted octanol–water partition coefficient (Wildman–Crippen LogP) is 2.78. The van der Waals surface area contributed by atoms with Gasteiger partial charge in [0.25, 0.3) is 0 Å². The zero-order valence-electron chi connectivity index (χ0n) is 10.8. The maximum absolute atomic E-state index is 9.27. The Kier molecular flexibility index (Phi) is 6.63. The minimum Gasteiger partial charge on any atom is -0.396 e. The van der Waals surface area contributed by atoms with Crippen LogP contribution in [-0.4, -0.2) is 30.6 Å². The molecule has 17 heavy (non-hydrogen) atoms. The lowest BCUT2D eigenvalue weighted by Gasteiger charge is -2.25. The standard InChI is InChI=1S/C14H23NOS/c1-3-14(2,12-16)11-15-9-10-17-13-7-5-4-6-8-13/h4-8,15-16H,3,9-12H2,1-2H3. The third-order valence-electron chi connectivity index (χ3n) is 3.08. The fourth-order valence-corrected chi connectivity index (χ4v) is 2.27. The molecule has 1 aromatic rings. The second-order valence-electron chi connectivity index (χ2n) is 4.66. The topological polar surface area (TPSA) is 32.3 Å². The molecule has 1 rings (SSSR count). The summed E-state index contributed by atoms with van der Waals surface area (Å²) in [5.41, 5.74) is 0.0252. The summed E-state index contributed by atoms with van der Waals surface area (Å²) in [5, 5.41) is 12.7. The molecule has 0 saturated heterocycles. The summed E-state index contributed by atoms with van der Waals surface area (Å²) < 4.78 is 0. The molecular formula is C14H23NOS. The van der Waals surface area contributed by atoms with Gasteiger partial charge in [-0.1, -0.05) is 32.0 Å². The number of aliphatic hydroxyl groups excluding tert-OH is 1. The van der Waals surface area contributed by atoms with Crippen molar-refractivity contribution in [2.24, 2.45) is 5.41 Å². The van der Waals surface area contributed by atoms with Gasteiger partial charge in [-0.15, -0.1) is 11.8 Å². The average Bonchev–Trinajstić information content (AvgIpc) is 2.39. The first-order valence-electron chi connectivity index (χ1n) is 6.19. The molecule has 1 unspecified atom stereocenters. The van der Waals surface area contributed by atoms with Crippen LogP contribution in [0.5, 0.6) is 0 Å². The lowest BCUT2D eigenvalue weighted by atomic mass is 9.89. The molecule has 0 aliphatic rings. The van der Waals surface area contributed by atoms with E-state index in [4.69, 9.17) is 0 Å². The molecule has 0 spiro atoms. The molecule has 0 amide bonds. The van der Waals surface area contributed by atoms with Crippen molar-refractivity contribution in [1.29, 1.82) is 0 Å². The van der Waals surface area contributed by atoms with Gasteiger partial charge < -0.3 is 10.4 Å². The van der Waals surface area contributed by atoms with E-state index in [2.05, 4.69) is 43.4 Å². The van der Waals surface area contributed by atoms with E-state index in [0.29, 0.717) is 0 Å². The molecule has 0 aliphatic heterocycles. The van der Waals surface area contributed by atoms with Gasteiger partial charge >= 0.3 is 0 Å². The van der Waals surface area contributed by atoms with E-state index < -0.39 is 0 Å². The Balaban J connectivity index is 2.13. The molecule has 0 saturated carbocycles. The fourth-order valence-electron chi connectivity index (χ4n) is 1.44. The Labute approximate surface area is 109 Å². The van der Waals surface area contributed by atoms with Gasteiger partial charge in [0, 0.05) is 35.8 Å². The van der Waals surface area contributed by atoms with E-state index in [0.717, 1.165) is 25.3 Å². The van der Waals surface area contributed by atoms with Crippen molar-refractivity contribution in [2.45, 2.75) is 25.2 Å². The van der Waals surface area contributed by atoms with E-state index in [9.17, 15) is 5.11 Å². The van der Waals surface area contributed by atoms with Crippen molar-refractivity contribution in [3.8, 4) is 0 Å². The van der Waals surface area contributed by atoms with Gasteiger partial charge in [-0.05, 0) is 18.6 Å². The number of rotatable bonds is 8. The van der Waals surface area contributed by atoms with Crippen molar-refractivity contribution < 1.29 is 5.11 Å². The van der Waals surface area contributed by atoms with Crippen molar-refractivity contribution in [3.05, 3.63) is 30.3 Å². The normalized spacial score (nSPS) is 14.5. The van der Waals surface area contributed by atoms with E-state index in [1.54, 1.807) is 0 Å². The summed E-state index contributed by atoms with van der Waals surface area (Å²) in [6.07, 6.45) is 1.00. The van der Waals surface area contributed by atoms with Gasteiger partial charge in [-0.25, -0.2) is 0 Å². The molecule has 96 valence electrons. The van der Waals surface area contributed by atoms with Crippen molar-refractivity contribution in [2.75, 3.05) is 25.4 Å². The van der Waals surface area contributed by atoms with Gasteiger partial charge in [-0.2, -0.15) is 0 Å². The van der Waals surface area contributed by atoms with Crippen LogP contribution < -0.4 is 5.32 Å². The highest BCUT2D eigenvalue weighted by atomic mass is 32.2. The SMILES string of the molecule is CCC(C)(CO)CNCCSc1ccccc1. The summed E-state index contributed by atoms with van der Waals surface area (Å²) in [5.74, 6) is 1.06. The van der Waals surface area contributed by atoms with Crippen LogP contribution in [0.1, 0.15) is 20.3 Å². The predicted molar refractivity (Wildman–Crippen MR) is 75.5 cm³/mol. The summed E-state index contributed by atoms with van der Waals surface area (Å²) >= 11 is 1.86. The second kappa shape index (κ2) is 7.75. The Hall–Kier alpha value is -0.510. The number of aliphatic hydroxyl groups is 1. The minimum atomic E-state index is 0.0252. The highest BCUT2D eigenvalue weighted by Crippen LogP contribution is 2.19. The molecule has 0 fully saturated rings. The minimum absolute atomic E-state index is 0.0252. The molecule has 2 nitrogen and oxygen atoms in total. The molecular weight excluding hydrogens is 230 g/mol. The van der Waals surface area contributed by atoms with Crippen molar-refractivity contribution in [1.82, 2.24) is 5.32 Å². The molecule has 2 N–H and O–H groups in total. The number of nitrogens with one attached hydrogen (secondary N) is 1.